The molecule has 1 atom stereocenters. The van der Waals surface area contributed by atoms with Gasteiger partial charge in [0.15, 0.2) is 0 Å². The van der Waals surface area contributed by atoms with E-state index in [0.717, 1.165) is 19.4 Å². The zero-order valence-corrected chi connectivity index (χ0v) is 13.7. The van der Waals surface area contributed by atoms with Crippen molar-refractivity contribution in [1.29, 1.82) is 0 Å². The van der Waals surface area contributed by atoms with Crippen molar-refractivity contribution in [1.82, 2.24) is 5.32 Å². The molecule has 0 bridgehead atoms. The van der Waals surface area contributed by atoms with Gasteiger partial charge < -0.3 is 15.8 Å². The third-order valence-electron chi connectivity index (χ3n) is 3.59. The Hall–Kier alpha value is -0.320. The van der Waals surface area contributed by atoms with Crippen LogP contribution in [-0.4, -0.2) is 31.2 Å². The van der Waals surface area contributed by atoms with E-state index in [4.69, 9.17) is 10.5 Å². The molecular formula is C15H31ClN2O2. The summed E-state index contributed by atoms with van der Waals surface area (Å²) in [5.41, 5.74) is 5.81. The summed E-state index contributed by atoms with van der Waals surface area (Å²) in [6.07, 6.45) is 8.41. The molecule has 0 radical (unpaired) electrons. The lowest BCUT2D eigenvalue weighted by Crippen LogP contribution is -2.41. The minimum atomic E-state index is -0.376. The molecule has 5 heteroatoms. The predicted molar refractivity (Wildman–Crippen MR) is 85.1 cm³/mol. The maximum Gasteiger partial charge on any atom is 0.236 e. The third-order valence-corrected chi connectivity index (χ3v) is 3.59. The van der Waals surface area contributed by atoms with Gasteiger partial charge in [-0.1, -0.05) is 33.1 Å². The van der Waals surface area contributed by atoms with Gasteiger partial charge in [-0.05, 0) is 31.6 Å². The van der Waals surface area contributed by atoms with Crippen LogP contribution in [0.15, 0.2) is 0 Å². The van der Waals surface area contributed by atoms with E-state index in [2.05, 4.69) is 19.2 Å². The molecule has 3 N–H and O–H groups in total. The maximum absolute atomic E-state index is 11.7. The molecule has 120 valence electrons. The first-order valence-corrected chi connectivity index (χ1v) is 7.74. The summed E-state index contributed by atoms with van der Waals surface area (Å²) in [5, 5.41) is 2.88. The summed E-state index contributed by atoms with van der Waals surface area (Å²) >= 11 is 0. The molecule has 0 aliphatic heterocycles. The second kappa shape index (κ2) is 11.4. The quantitative estimate of drug-likeness (QED) is 0.678. The highest BCUT2D eigenvalue weighted by Crippen LogP contribution is 2.20. The van der Waals surface area contributed by atoms with E-state index in [9.17, 15) is 4.79 Å². The Morgan fingerprint density at radius 1 is 1.30 bits per heavy atom. The molecule has 1 rings (SSSR count). The number of carbonyl (C=O) groups is 1. The average Bonchev–Trinajstić information content (AvgIpc) is 2.38. The van der Waals surface area contributed by atoms with Crippen LogP contribution in [0.25, 0.3) is 0 Å². The fraction of sp³-hybridized carbons (Fsp3) is 0.933. The number of carbonyl (C=O) groups excluding carboxylic acids is 1. The number of hydrogen-bond donors (Lipinski definition) is 2. The lowest BCUT2D eigenvalue weighted by atomic mass is 9.98. The second-order valence-corrected chi connectivity index (χ2v) is 6.01. The van der Waals surface area contributed by atoms with Crippen molar-refractivity contribution in [2.24, 2.45) is 11.7 Å². The summed E-state index contributed by atoms with van der Waals surface area (Å²) in [5.74, 6) is 0.418. The predicted octanol–water partition coefficient (Wildman–Crippen LogP) is 2.64. The third kappa shape index (κ3) is 8.77. The Bertz CT molecular complexity index is 256. The van der Waals surface area contributed by atoms with Crippen molar-refractivity contribution in [3.05, 3.63) is 0 Å². The molecule has 1 aliphatic carbocycles. The lowest BCUT2D eigenvalue weighted by Gasteiger charge is -2.22. The fourth-order valence-corrected chi connectivity index (χ4v) is 2.51. The highest BCUT2D eigenvalue weighted by atomic mass is 35.5. The molecule has 1 aliphatic rings. The van der Waals surface area contributed by atoms with Gasteiger partial charge in [0.1, 0.15) is 0 Å². The van der Waals surface area contributed by atoms with E-state index in [-0.39, 0.29) is 24.4 Å². The number of amides is 1. The number of rotatable bonds is 8. The van der Waals surface area contributed by atoms with Gasteiger partial charge in [-0.2, -0.15) is 0 Å². The molecule has 0 saturated heterocycles. The summed E-state index contributed by atoms with van der Waals surface area (Å²) in [6, 6.07) is -0.376. The first-order chi connectivity index (χ1) is 9.09. The van der Waals surface area contributed by atoms with Crippen LogP contribution >= 0.6 is 12.4 Å². The fourth-order valence-electron chi connectivity index (χ4n) is 2.51. The van der Waals surface area contributed by atoms with Crippen LogP contribution in [0.2, 0.25) is 0 Å². The van der Waals surface area contributed by atoms with Gasteiger partial charge in [0, 0.05) is 13.2 Å². The van der Waals surface area contributed by atoms with Crippen LogP contribution in [0.5, 0.6) is 0 Å². The molecule has 1 amide bonds. The SMILES string of the molecule is CC(C)C[C@H](N)C(=O)NCCCOC1CCCCC1.Cl. The molecule has 20 heavy (non-hydrogen) atoms. The van der Waals surface area contributed by atoms with Crippen molar-refractivity contribution in [3.63, 3.8) is 0 Å². The lowest BCUT2D eigenvalue weighted by molar-refractivity contribution is -0.122. The normalized spacial score (nSPS) is 17.6. The standard InChI is InChI=1S/C15H30N2O2.ClH/c1-12(2)11-14(16)15(18)17-9-6-10-19-13-7-4-3-5-8-13;/h12-14H,3-11,16H2,1-2H3,(H,17,18);1H/t14-;/m0./s1. The molecule has 0 unspecified atom stereocenters. The highest BCUT2D eigenvalue weighted by Gasteiger charge is 2.15. The zero-order valence-electron chi connectivity index (χ0n) is 12.9. The zero-order chi connectivity index (χ0) is 14.1. The number of halogens is 1. The molecule has 4 nitrogen and oxygen atoms in total. The van der Waals surface area contributed by atoms with Gasteiger partial charge in [0.2, 0.25) is 5.91 Å². The van der Waals surface area contributed by atoms with Crippen LogP contribution in [0.1, 0.15) is 58.8 Å². The Balaban J connectivity index is 0.00000361. The molecular weight excluding hydrogens is 276 g/mol. The van der Waals surface area contributed by atoms with Crippen molar-refractivity contribution in [2.75, 3.05) is 13.2 Å². The van der Waals surface area contributed by atoms with Gasteiger partial charge in [-0.15, -0.1) is 12.4 Å². The Kier molecular flexibility index (Phi) is 11.2. The van der Waals surface area contributed by atoms with Gasteiger partial charge in [0.25, 0.3) is 0 Å². The molecule has 0 aromatic rings. The van der Waals surface area contributed by atoms with E-state index in [1.807, 2.05) is 0 Å². The number of nitrogens with one attached hydrogen (secondary N) is 1. The largest absolute Gasteiger partial charge is 0.378 e. The topological polar surface area (TPSA) is 64.4 Å². The molecule has 0 heterocycles. The first-order valence-electron chi connectivity index (χ1n) is 7.74. The average molecular weight is 307 g/mol. The number of ether oxygens (including phenoxy) is 1. The van der Waals surface area contributed by atoms with E-state index in [1.54, 1.807) is 0 Å². The van der Waals surface area contributed by atoms with E-state index >= 15 is 0 Å². The summed E-state index contributed by atoms with van der Waals surface area (Å²) in [4.78, 5) is 11.7. The first kappa shape index (κ1) is 19.7. The van der Waals surface area contributed by atoms with Crippen LogP contribution in [0.4, 0.5) is 0 Å². The maximum atomic E-state index is 11.7. The Morgan fingerprint density at radius 3 is 2.55 bits per heavy atom. The monoisotopic (exact) mass is 306 g/mol. The minimum absolute atomic E-state index is 0. The Morgan fingerprint density at radius 2 is 1.95 bits per heavy atom. The van der Waals surface area contributed by atoms with Crippen LogP contribution in [0, 0.1) is 5.92 Å². The smallest absolute Gasteiger partial charge is 0.236 e. The second-order valence-electron chi connectivity index (χ2n) is 6.01. The number of nitrogens with two attached hydrogens (primary N) is 1. The van der Waals surface area contributed by atoms with Gasteiger partial charge in [-0.3, -0.25) is 4.79 Å². The Labute approximate surface area is 129 Å². The van der Waals surface area contributed by atoms with Crippen molar-refractivity contribution in [3.8, 4) is 0 Å². The highest BCUT2D eigenvalue weighted by molar-refractivity contribution is 5.85. The van der Waals surface area contributed by atoms with Gasteiger partial charge in [-0.25, -0.2) is 0 Å². The van der Waals surface area contributed by atoms with E-state index in [0.29, 0.717) is 18.6 Å². The van der Waals surface area contributed by atoms with Crippen LogP contribution in [-0.2, 0) is 9.53 Å². The van der Waals surface area contributed by atoms with Crippen LogP contribution in [0.3, 0.4) is 0 Å². The molecule has 0 aromatic carbocycles. The van der Waals surface area contributed by atoms with E-state index in [1.165, 1.54) is 32.1 Å². The number of hydrogen-bond acceptors (Lipinski definition) is 3. The molecule has 1 saturated carbocycles. The molecule has 0 aromatic heterocycles. The molecule has 0 spiro atoms. The van der Waals surface area contributed by atoms with Gasteiger partial charge >= 0.3 is 0 Å². The van der Waals surface area contributed by atoms with Gasteiger partial charge in [0.05, 0.1) is 12.1 Å². The van der Waals surface area contributed by atoms with E-state index < -0.39 is 0 Å². The van der Waals surface area contributed by atoms with Crippen molar-refractivity contribution >= 4 is 18.3 Å². The summed E-state index contributed by atoms with van der Waals surface area (Å²) in [7, 11) is 0. The summed E-state index contributed by atoms with van der Waals surface area (Å²) in [6.45, 7) is 5.55. The van der Waals surface area contributed by atoms with Crippen LogP contribution < -0.4 is 11.1 Å². The molecule has 1 fully saturated rings. The summed E-state index contributed by atoms with van der Waals surface area (Å²) < 4.78 is 5.81. The minimum Gasteiger partial charge on any atom is -0.378 e. The van der Waals surface area contributed by atoms with Crippen molar-refractivity contribution < 1.29 is 9.53 Å². The van der Waals surface area contributed by atoms with Crippen molar-refractivity contribution in [2.45, 2.75) is 70.9 Å².